The fraction of sp³-hybridized carbons (Fsp3) is 0.304. The van der Waals surface area contributed by atoms with Gasteiger partial charge in [-0.25, -0.2) is 14.8 Å². The minimum absolute atomic E-state index is 0.133. The van der Waals surface area contributed by atoms with Gasteiger partial charge in [0, 0.05) is 44.3 Å². The van der Waals surface area contributed by atoms with Crippen LogP contribution in [0.25, 0.3) is 0 Å². The second-order valence-corrected chi connectivity index (χ2v) is 8.40. The second kappa shape index (κ2) is 10.8. The van der Waals surface area contributed by atoms with Crippen molar-refractivity contribution in [3.8, 4) is 5.75 Å². The topological polar surface area (TPSA) is 99.7 Å². The van der Waals surface area contributed by atoms with E-state index in [1.54, 1.807) is 23.6 Å². The molecule has 0 aliphatic carbocycles. The Morgan fingerprint density at radius 2 is 1.97 bits per heavy atom. The fourth-order valence-corrected chi connectivity index (χ4v) is 4.21. The van der Waals surface area contributed by atoms with Gasteiger partial charge in [-0.05, 0) is 29.8 Å². The number of aromatic nitrogens is 2. The van der Waals surface area contributed by atoms with Crippen LogP contribution >= 0.6 is 11.3 Å². The Kier molecular flexibility index (Phi) is 7.36. The van der Waals surface area contributed by atoms with Crippen LogP contribution in [-0.2, 0) is 17.8 Å². The van der Waals surface area contributed by atoms with Crippen molar-refractivity contribution in [1.29, 1.82) is 0 Å². The van der Waals surface area contributed by atoms with E-state index in [0.717, 1.165) is 30.2 Å². The molecule has 0 atom stereocenters. The Bertz CT molecular complexity index is 1080. The number of piperazine rings is 1. The van der Waals surface area contributed by atoms with Crippen molar-refractivity contribution in [2.24, 2.45) is 0 Å². The predicted molar refractivity (Wildman–Crippen MR) is 128 cm³/mol. The summed E-state index contributed by atoms with van der Waals surface area (Å²) in [4.78, 5) is 37.6. The lowest BCUT2D eigenvalue weighted by Crippen LogP contribution is -2.50. The summed E-state index contributed by atoms with van der Waals surface area (Å²) < 4.78 is 5.20. The first-order valence-electron chi connectivity index (χ1n) is 10.7. The molecule has 4 rings (SSSR count). The van der Waals surface area contributed by atoms with E-state index in [9.17, 15) is 9.59 Å². The number of benzene rings is 1. The van der Waals surface area contributed by atoms with Crippen LogP contribution in [0.3, 0.4) is 0 Å². The summed E-state index contributed by atoms with van der Waals surface area (Å²) >= 11 is 1.31. The zero-order valence-corrected chi connectivity index (χ0v) is 19.2. The Labute approximate surface area is 196 Å². The number of nitrogens with zero attached hydrogens (tertiary/aromatic N) is 4. The normalized spacial score (nSPS) is 13.5. The lowest BCUT2D eigenvalue weighted by Gasteiger charge is -2.35. The maximum Gasteiger partial charge on any atom is 0.323 e. The van der Waals surface area contributed by atoms with Gasteiger partial charge in [0.05, 0.1) is 19.2 Å². The number of urea groups is 1. The number of nitrogens with one attached hydrogen (secondary N) is 2. The monoisotopic (exact) mass is 466 g/mol. The summed E-state index contributed by atoms with van der Waals surface area (Å²) in [6, 6.07) is 13.2. The molecule has 1 saturated heterocycles. The van der Waals surface area contributed by atoms with Crippen molar-refractivity contribution < 1.29 is 14.3 Å². The largest absolute Gasteiger partial charge is 0.497 e. The number of thiazole rings is 1. The van der Waals surface area contributed by atoms with E-state index in [1.165, 1.54) is 11.3 Å². The number of amides is 3. The lowest BCUT2D eigenvalue weighted by atomic mass is 10.2. The summed E-state index contributed by atoms with van der Waals surface area (Å²) in [5.41, 5.74) is 1.58. The first kappa shape index (κ1) is 22.5. The van der Waals surface area contributed by atoms with E-state index in [-0.39, 0.29) is 18.4 Å². The van der Waals surface area contributed by atoms with Gasteiger partial charge in [-0.3, -0.25) is 10.1 Å². The molecule has 9 nitrogen and oxygen atoms in total. The van der Waals surface area contributed by atoms with Crippen molar-refractivity contribution in [3.05, 3.63) is 65.3 Å². The molecule has 0 spiro atoms. The smallest absolute Gasteiger partial charge is 0.323 e. The Morgan fingerprint density at radius 3 is 2.73 bits per heavy atom. The van der Waals surface area contributed by atoms with Gasteiger partial charge >= 0.3 is 6.03 Å². The number of pyridine rings is 1. The van der Waals surface area contributed by atoms with Gasteiger partial charge in [0.2, 0.25) is 5.91 Å². The zero-order chi connectivity index (χ0) is 23.0. The third kappa shape index (κ3) is 6.19. The first-order chi connectivity index (χ1) is 16.1. The van der Waals surface area contributed by atoms with Crippen molar-refractivity contribution in [2.75, 3.05) is 43.5 Å². The number of methoxy groups -OCH3 is 1. The van der Waals surface area contributed by atoms with E-state index in [0.29, 0.717) is 30.5 Å². The summed E-state index contributed by atoms with van der Waals surface area (Å²) in [5.74, 6) is 1.54. The highest BCUT2D eigenvalue weighted by molar-refractivity contribution is 7.13. The van der Waals surface area contributed by atoms with Crippen LogP contribution in [0.4, 0.5) is 15.7 Å². The molecule has 33 heavy (non-hydrogen) atoms. The Hall–Kier alpha value is -3.66. The molecule has 3 heterocycles. The molecule has 0 radical (unpaired) electrons. The molecule has 0 bridgehead atoms. The first-order valence-corrected chi connectivity index (χ1v) is 11.5. The standard InChI is InChI=1S/C23H26N6O3S/c1-32-19-6-4-5-17(13-19)15-25-21(30)14-18-16-33-22(26-18)27-23(31)29-11-9-28(10-12-29)20-7-2-3-8-24-20/h2-8,13,16H,9-12,14-15H2,1H3,(H,25,30)(H,26,27,31). The number of rotatable bonds is 7. The molecule has 2 N–H and O–H groups in total. The molecule has 1 aliphatic heterocycles. The van der Waals surface area contributed by atoms with Crippen molar-refractivity contribution in [1.82, 2.24) is 20.2 Å². The maximum atomic E-state index is 12.6. The zero-order valence-electron chi connectivity index (χ0n) is 18.4. The van der Waals surface area contributed by atoms with Crippen LogP contribution in [0.15, 0.2) is 54.0 Å². The quantitative estimate of drug-likeness (QED) is 0.556. The Morgan fingerprint density at radius 1 is 1.12 bits per heavy atom. The highest BCUT2D eigenvalue weighted by Gasteiger charge is 2.22. The highest BCUT2D eigenvalue weighted by Crippen LogP contribution is 2.18. The van der Waals surface area contributed by atoms with Crippen LogP contribution in [0.5, 0.6) is 5.75 Å². The van der Waals surface area contributed by atoms with Gasteiger partial charge in [-0.2, -0.15) is 0 Å². The van der Waals surface area contributed by atoms with Gasteiger partial charge in [0.15, 0.2) is 5.13 Å². The Balaban J connectivity index is 1.22. The third-order valence-corrected chi connectivity index (χ3v) is 6.08. The van der Waals surface area contributed by atoms with Crippen molar-refractivity contribution in [2.45, 2.75) is 13.0 Å². The molecule has 1 fully saturated rings. The van der Waals surface area contributed by atoms with Crippen molar-refractivity contribution >= 4 is 34.2 Å². The number of ether oxygens (including phenoxy) is 1. The number of hydrogen-bond acceptors (Lipinski definition) is 7. The summed E-state index contributed by atoms with van der Waals surface area (Å²) in [6.07, 6.45) is 1.92. The number of carbonyl (C=O) groups is 2. The van der Waals surface area contributed by atoms with E-state index >= 15 is 0 Å². The minimum Gasteiger partial charge on any atom is -0.497 e. The van der Waals surface area contributed by atoms with E-state index in [2.05, 4.69) is 25.5 Å². The molecular weight excluding hydrogens is 440 g/mol. The molecule has 3 aromatic rings. The average Bonchev–Trinajstić information content (AvgIpc) is 3.30. The van der Waals surface area contributed by atoms with Crippen LogP contribution < -0.4 is 20.3 Å². The van der Waals surface area contributed by atoms with Crippen molar-refractivity contribution in [3.63, 3.8) is 0 Å². The minimum atomic E-state index is -0.181. The van der Waals surface area contributed by atoms with E-state index < -0.39 is 0 Å². The molecule has 2 aromatic heterocycles. The SMILES string of the molecule is COc1cccc(CNC(=O)Cc2csc(NC(=O)N3CCN(c4ccccn4)CC3)n2)c1. The molecule has 1 aliphatic rings. The lowest BCUT2D eigenvalue weighted by molar-refractivity contribution is -0.120. The maximum absolute atomic E-state index is 12.6. The highest BCUT2D eigenvalue weighted by atomic mass is 32.1. The predicted octanol–water partition coefficient (Wildman–Crippen LogP) is 2.76. The van der Waals surface area contributed by atoms with Crippen LogP contribution in [0.2, 0.25) is 0 Å². The van der Waals surface area contributed by atoms with E-state index in [1.807, 2.05) is 42.5 Å². The van der Waals surface area contributed by atoms with Crippen LogP contribution in [0.1, 0.15) is 11.3 Å². The molecule has 172 valence electrons. The summed E-state index contributed by atoms with van der Waals surface area (Å²) in [6.45, 7) is 3.07. The molecular formula is C23H26N6O3S. The van der Waals surface area contributed by atoms with Crippen LogP contribution in [0, 0.1) is 0 Å². The van der Waals surface area contributed by atoms with Gasteiger partial charge in [-0.15, -0.1) is 11.3 Å². The fourth-order valence-electron chi connectivity index (χ4n) is 3.51. The third-order valence-electron chi connectivity index (χ3n) is 5.27. The number of hydrogen-bond donors (Lipinski definition) is 2. The molecule has 1 aromatic carbocycles. The average molecular weight is 467 g/mol. The van der Waals surface area contributed by atoms with Gasteiger partial charge in [0.25, 0.3) is 0 Å². The number of carbonyl (C=O) groups excluding carboxylic acids is 2. The van der Waals surface area contributed by atoms with Gasteiger partial charge in [0.1, 0.15) is 11.6 Å². The molecule has 0 saturated carbocycles. The van der Waals surface area contributed by atoms with Crippen LogP contribution in [-0.4, -0.2) is 60.1 Å². The van der Waals surface area contributed by atoms with Gasteiger partial charge in [-0.1, -0.05) is 18.2 Å². The van der Waals surface area contributed by atoms with E-state index in [4.69, 9.17) is 4.74 Å². The molecule has 3 amide bonds. The molecule has 10 heteroatoms. The number of anilines is 2. The summed E-state index contributed by atoms with van der Waals surface area (Å²) in [5, 5.41) is 8.01. The summed E-state index contributed by atoms with van der Waals surface area (Å²) in [7, 11) is 1.61. The second-order valence-electron chi connectivity index (χ2n) is 7.54. The molecule has 0 unspecified atom stereocenters. The van der Waals surface area contributed by atoms with Gasteiger partial charge < -0.3 is 19.9 Å².